The van der Waals surface area contributed by atoms with Gasteiger partial charge in [0.05, 0.1) is 44.6 Å². The maximum atomic E-state index is 13.2. The van der Waals surface area contributed by atoms with Gasteiger partial charge >= 0.3 is 0 Å². The molecule has 3 amide bonds. The predicted molar refractivity (Wildman–Crippen MR) is 138 cm³/mol. The summed E-state index contributed by atoms with van der Waals surface area (Å²) in [5.41, 5.74) is 6.43. The Hall–Kier alpha value is -3.38. The van der Waals surface area contributed by atoms with Crippen molar-refractivity contribution < 1.29 is 24.0 Å². The SMILES string of the molecule is CN1CCN(CC(=O)N2c3ccccc3C(=O)Nc3cccnc32)CC1.C[N+](C)(C)CC(O)C(N)=O. The molecule has 0 bridgehead atoms. The number of amides is 3. The van der Waals surface area contributed by atoms with E-state index in [1.54, 1.807) is 41.4 Å². The summed E-state index contributed by atoms with van der Waals surface area (Å²) in [7, 11) is 7.73. The van der Waals surface area contributed by atoms with Crippen LogP contribution in [-0.2, 0) is 9.59 Å². The van der Waals surface area contributed by atoms with Crippen molar-refractivity contribution in [2.45, 2.75) is 6.10 Å². The lowest BCUT2D eigenvalue weighted by Gasteiger charge is -2.33. The molecule has 1 aromatic carbocycles. The zero-order chi connectivity index (χ0) is 26.5. The van der Waals surface area contributed by atoms with Gasteiger partial charge in [0.1, 0.15) is 6.54 Å². The summed E-state index contributed by atoms with van der Waals surface area (Å²) in [4.78, 5) is 46.5. The molecule has 1 aromatic heterocycles. The Morgan fingerprint density at radius 1 is 1.11 bits per heavy atom. The number of fused-ring (bicyclic) bond motifs is 2. The summed E-state index contributed by atoms with van der Waals surface area (Å²) in [6, 6.07) is 10.7. The van der Waals surface area contributed by atoms with E-state index in [2.05, 4.69) is 27.1 Å². The summed E-state index contributed by atoms with van der Waals surface area (Å²) in [6.45, 7) is 4.24. The molecule has 1 unspecified atom stereocenters. The maximum Gasteiger partial charge on any atom is 0.257 e. The van der Waals surface area contributed by atoms with Gasteiger partial charge in [-0.3, -0.25) is 24.2 Å². The van der Waals surface area contributed by atoms with Gasteiger partial charge in [0.25, 0.3) is 11.8 Å². The van der Waals surface area contributed by atoms with Gasteiger partial charge in [-0.25, -0.2) is 4.98 Å². The number of rotatable bonds is 5. The van der Waals surface area contributed by atoms with Gasteiger partial charge in [-0.15, -0.1) is 0 Å². The van der Waals surface area contributed by atoms with Crippen molar-refractivity contribution in [2.75, 3.05) is 77.7 Å². The number of hydrogen-bond donors (Lipinski definition) is 3. The van der Waals surface area contributed by atoms with Gasteiger partial charge in [0.2, 0.25) is 5.91 Å². The van der Waals surface area contributed by atoms with E-state index in [9.17, 15) is 14.4 Å². The molecule has 4 N–H and O–H groups in total. The third kappa shape index (κ3) is 7.08. The van der Waals surface area contributed by atoms with Crippen molar-refractivity contribution in [1.82, 2.24) is 14.8 Å². The molecule has 4 rings (SSSR count). The summed E-state index contributed by atoms with van der Waals surface area (Å²) < 4.78 is 0.532. The molecular formula is C25H36N7O4+. The lowest BCUT2D eigenvalue weighted by atomic mass is 10.1. The second-order valence-electron chi connectivity index (χ2n) is 10.0. The summed E-state index contributed by atoms with van der Waals surface area (Å²) in [5, 5.41) is 11.8. The van der Waals surface area contributed by atoms with E-state index in [0.29, 0.717) is 40.3 Å². The van der Waals surface area contributed by atoms with Crippen molar-refractivity contribution in [3.63, 3.8) is 0 Å². The maximum absolute atomic E-state index is 13.2. The molecule has 0 spiro atoms. The molecule has 194 valence electrons. The minimum absolute atomic E-state index is 0.0848. The number of aliphatic hydroxyl groups excluding tert-OH is 1. The molecule has 3 heterocycles. The Balaban J connectivity index is 0.000000308. The first kappa shape index (κ1) is 27.2. The minimum atomic E-state index is -1.03. The van der Waals surface area contributed by atoms with Crippen molar-refractivity contribution in [3.8, 4) is 0 Å². The fraction of sp³-hybridized carbons (Fsp3) is 0.440. The number of piperazine rings is 1. The topological polar surface area (TPSA) is 132 Å². The summed E-state index contributed by atoms with van der Waals surface area (Å²) >= 11 is 0. The van der Waals surface area contributed by atoms with E-state index in [4.69, 9.17) is 10.8 Å². The van der Waals surface area contributed by atoms with Crippen LogP contribution in [0.2, 0.25) is 0 Å². The number of pyridine rings is 1. The Labute approximate surface area is 211 Å². The molecule has 1 saturated heterocycles. The van der Waals surface area contributed by atoms with E-state index in [0.717, 1.165) is 26.2 Å². The van der Waals surface area contributed by atoms with Crippen molar-refractivity contribution in [3.05, 3.63) is 48.2 Å². The Kier molecular flexibility index (Phi) is 8.75. The number of hydrogen-bond acceptors (Lipinski definition) is 7. The number of anilines is 3. The third-order valence-electron chi connectivity index (χ3n) is 5.89. The van der Waals surface area contributed by atoms with Crippen LogP contribution in [0.25, 0.3) is 0 Å². The molecule has 0 saturated carbocycles. The molecule has 2 aromatic rings. The second kappa shape index (κ2) is 11.6. The molecule has 36 heavy (non-hydrogen) atoms. The first-order valence-corrected chi connectivity index (χ1v) is 11.8. The largest absolute Gasteiger partial charge is 0.378 e. The first-order valence-electron chi connectivity index (χ1n) is 11.8. The van der Waals surface area contributed by atoms with Gasteiger partial charge in [0, 0.05) is 32.4 Å². The number of nitrogens with one attached hydrogen (secondary N) is 1. The van der Waals surface area contributed by atoms with Gasteiger partial charge in [-0.2, -0.15) is 0 Å². The number of nitrogens with zero attached hydrogens (tertiary/aromatic N) is 5. The second-order valence-corrected chi connectivity index (χ2v) is 10.0. The van der Waals surface area contributed by atoms with E-state index in [1.807, 2.05) is 27.2 Å². The summed E-state index contributed by atoms with van der Waals surface area (Å²) in [6.07, 6.45) is 0.606. The van der Waals surface area contributed by atoms with E-state index in [-0.39, 0.29) is 11.8 Å². The number of primary amides is 1. The molecule has 11 heteroatoms. The van der Waals surface area contributed by atoms with Crippen LogP contribution < -0.4 is 16.0 Å². The van der Waals surface area contributed by atoms with Crippen molar-refractivity contribution in [2.24, 2.45) is 5.73 Å². The molecular weight excluding hydrogens is 462 g/mol. The van der Waals surface area contributed by atoms with Crippen LogP contribution in [0.15, 0.2) is 42.6 Å². The number of likely N-dealkylation sites (N-methyl/N-ethyl adjacent to an activating group) is 2. The fourth-order valence-electron chi connectivity index (χ4n) is 3.97. The zero-order valence-corrected chi connectivity index (χ0v) is 21.3. The molecule has 2 aliphatic heterocycles. The van der Waals surface area contributed by atoms with E-state index >= 15 is 0 Å². The molecule has 1 atom stereocenters. The third-order valence-corrected chi connectivity index (χ3v) is 5.89. The van der Waals surface area contributed by atoms with Crippen LogP contribution in [0.5, 0.6) is 0 Å². The number of para-hydroxylation sites is 1. The number of aromatic nitrogens is 1. The number of quaternary nitrogens is 1. The van der Waals surface area contributed by atoms with E-state index < -0.39 is 12.0 Å². The fourth-order valence-corrected chi connectivity index (χ4v) is 3.97. The number of aliphatic hydroxyl groups is 1. The van der Waals surface area contributed by atoms with Gasteiger partial charge in [-0.1, -0.05) is 12.1 Å². The molecule has 1 fully saturated rings. The zero-order valence-electron chi connectivity index (χ0n) is 21.3. The highest BCUT2D eigenvalue weighted by molar-refractivity contribution is 6.17. The Morgan fingerprint density at radius 3 is 2.39 bits per heavy atom. The molecule has 11 nitrogen and oxygen atoms in total. The predicted octanol–water partition coefficient (Wildman–Crippen LogP) is 0.0982. The normalized spacial score (nSPS) is 17.0. The highest BCUT2D eigenvalue weighted by atomic mass is 16.3. The van der Waals surface area contributed by atoms with Crippen LogP contribution in [0.3, 0.4) is 0 Å². The molecule has 0 radical (unpaired) electrons. The van der Waals surface area contributed by atoms with Crippen LogP contribution in [0.4, 0.5) is 17.2 Å². The van der Waals surface area contributed by atoms with Crippen LogP contribution in [0, 0.1) is 0 Å². The van der Waals surface area contributed by atoms with Crippen molar-refractivity contribution >= 4 is 34.9 Å². The molecule has 0 aliphatic carbocycles. The molecule has 2 aliphatic rings. The standard InChI is InChI=1S/C19H21N5O2.C6H14N2O2/c1-22-9-11-23(12-10-22)13-17(25)24-16-7-3-2-5-14(16)19(26)21-15-6-4-8-20-18(15)24;1-8(2,3)4-5(9)6(7)10/h2-8H,9-13H2,1H3,(H,21,26);5,9H,4H2,1-3H3,(H-,7,10)/p+1. The number of nitrogens with two attached hydrogens (primary N) is 1. The van der Waals surface area contributed by atoms with Gasteiger partial charge in [0.15, 0.2) is 11.9 Å². The smallest absolute Gasteiger partial charge is 0.257 e. The van der Waals surface area contributed by atoms with Gasteiger partial charge < -0.3 is 25.5 Å². The number of benzene rings is 1. The van der Waals surface area contributed by atoms with Gasteiger partial charge in [-0.05, 0) is 31.3 Å². The average molecular weight is 499 g/mol. The number of carbonyl (C=O) groups is 3. The van der Waals surface area contributed by atoms with Crippen LogP contribution >= 0.6 is 0 Å². The monoisotopic (exact) mass is 498 g/mol. The minimum Gasteiger partial charge on any atom is -0.378 e. The highest BCUT2D eigenvalue weighted by Gasteiger charge is 2.31. The quantitative estimate of drug-likeness (QED) is 0.498. The summed E-state index contributed by atoms with van der Waals surface area (Å²) in [5.74, 6) is -0.513. The highest BCUT2D eigenvalue weighted by Crippen LogP contribution is 2.36. The lowest BCUT2D eigenvalue weighted by molar-refractivity contribution is -0.872. The Bertz CT molecular complexity index is 1090. The lowest BCUT2D eigenvalue weighted by Crippen LogP contribution is -2.48. The average Bonchev–Trinajstić information content (AvgIpc) is 2.94. The Morgan fingerprint density at radius 2 is 1.78 bits per heavy atom. The van der Waals surface area contributed by atoms with Crippen molar-refractivity contribution in [1.29, 1.82) is 0 Å². The van der Waals surface area contributed by atoms with Crippen LogP contribution in [-0.4, -0.2) is 116 Å². The first-order chi connectivity index (χ1) is 17.0. The van der Waals surface area contributed by atoms with E-state index in [1.165, 1.54) is 0 Å². The number of carbonyl (C=O) groups excluding carboxylic acids is 3. The van der Waals surface area contributed by atoms with Crippen LogP contribution in [0.1, 0.15) is 10.4 Å².